The third-order valence-corrected chi connectivity index (χ3v) is 2.93. The van der Waals surface area contributed by atoms with Gasteiger partial charge in [-0.15, -0.1) is 0 Å². The number of aromatic nitrogens is 2. The predicted octanol–water partition coefficient (Wildman–Crippen LogP) is 2.31. The molecule has 3 nitrogen and oxygen atoms in total. The Labute approximate surface area is 85.1 Å². The first-order valence-electron chi connectivity index (χ1n) is 3.90. The average Bonchev–Trinajstić information content (AvgIpc) is 2.34. The van der Waals surface area contributed by atoms with Gasteiger partial charge in [0.15, 0.2) is 5.78 Å². The van der Waals surface area contributed by atoms with Crippen LogP contribution < -0.4 is 0 Å². The lowest BCUT2D eigenvalue weighted by molar-refractivity contribution is 0.0976. The first-order valence-corrected chi connectivity index (χ1v) is 4.98. The molecular formula is C8H11IN2O. The maximum absolute atomic E-state index is 11.4. The monoisotopic (exact) mass is 278 g/mol. The van der Waals surface area contributed by atoms with E-state index < -0.39 is 0 Å². The summed E-state index contributed by atoms with van der Waals surface area (Å²) in [6, 6.07) is 0. The van der Waals surface area contributed by atoms with Crippen molar-refractivity contribution in [2.24, 2.45) is 0 Å². The summed E-state index contributed by atoms with van der Waals surface area (Å²) >= 11 is 2.14. The van der Waals surface area contributed by atoms with Gasteiger partial charge in [-0.3, -0.25) is 9.89 Å². The lowest BCUT2D eigenvalue weighted by atomic mass is 10.2. The Morgan fingerprint density at radius 1 is 1.67 bits per heavy atom. The number of nitrogens with zero attached hydrogens (tertiary/aromatic N) is 1. The van der Waals surface area contributed by atoms with E-state index in [9.17, 15) is 4.79 Å². The van der Waals surface area contributed by atoms with Crippen LogP contribution >= 0.6 is 22.6 Å². The van der Waals surface area contributed by atoms with E-state index in [-0.39, 0.29) is 5.78 Å². The number of hydrogen-bond donors (Lipinski definition) is 1. The van der Waals surface area contributed by atoms with E-state index >= 15 is 0 Å². The van der Waals surface area contributed by atoms with Crippen LogP contribution in [0.3, 0.4) is 0 Å². The van der Waals surface area contributed by atoms with Crippen molar-refractivity contribution < 1.29 is 4.79 Å². The fourth-order valence-corrected chi connectivity index (χ4v) is 1.49. The zero-order valence-corrected chi connectivity index (χ0v) is 9.31. The minimum Gasteiger partial charge on any atom is -0.292 e. The maximum atomic E-state index is 11.4. The molecule has 0 radical (unpaired) electrons. The third-order valence-electron chi connectivity index (χ3n) is 1.61. The maximum Gasteiger partial charge on any atom is 0.184 e. The van der Waals surface area contributed by atoms with Gasteiger partial charge in [-0.1, -0.05) is 6.92 Å². The quantitative estimate of drug-likeness (QED) is 0.681. The largest absolute Gasteiger partial charge is 0.292 e. The van der Waals surface area contributed by atoms with Crippen LogP contribution in [-0.2, 0) is 0 Å². The van der Waals surface area contributed by atoms with E-state index in [1.54, 1.807) is 0 Å². The van der Waals surface area contributed by atoms with Crippen LogP contribution in [0, 0.1) is 10.5 Å². The molecule has 1 rings (SSSR count). The highest BCUT2D eigenvalue weighted by Crippen LogP contribution is 2.15. The van der Waals surface area contributed by atoms with Crippen molar-refractivity contribution in [2.45, 2.75) is 26.7 Å². The second-order valence-electron chi connectivity index (χ2n) is 2.68. The number of Topliss-reactive ketones (excluding diaryl/α,β-unsaturated/α-hetero) is 1. The van der Waals surface area contributed by atoms with E-state index in [1.807, 2.05) is 13.8 Å². The summed E-state index contributed by atoms with van der Waals surface area (Å²) in [5.74, 6) is 0.131. The van der Waals surface area contributed by atoms with Crippen molar-refractivity contribution in [1.82, 2.24) is 10.2 Å². The number of aryl methyl sites for hydroxylation is 1. The van der Waals surface area contributed by atoms with Gasteiger partial charge in [-0.25, -0.2) is 0 Å². The van der Waals surface area contributed by atoms with Gasteiger partial charge in [0, 0.05) is 12.1 Å². The molecule has 4 heteroatoms. The highest BCUT2D eigenvalue weighted by Gasteiger charge is 2.13. The number of aromatic amines is 1. The van der Waals surface area contributed by atoms with Crippen LogP contribution in [0.4, 0.5) is 0 Å². The van der Waals surface area contributed by atoms with Crippen molar-refractivity contribution in [1.29, 1.82) is 0 Å². The van der Waals surface area contributed by atoms with Crippen LogP contribution in [0.25, 0.3) is 0 Å². The van der Waals surface area contributed by atoms with Gasteiger partial charge in [0.25, 0.3) is 0 Å². The molecule has 0 amide bonds. The van der Waals surface area contributed by atoms with E-state index in [2.05, 4.69) is 32.8 Å². The first-order chi connectivity index (χ1) is 5.66. The Balaban J connectivity index is 2.88. The van der Waals surface area contributed by atoms with Crippen LogP contribution in [0.15, 0.2) is 0 Å². The van der Waals surface area contributed by atoms with Crippen molar-refractivity contribution in [3.05, 3.63) is 15.0 Å². The number of rotatable bonds is 3. The predicted molar refractivity (Wildman–Crippen MR) is 55.3 cm³/mol. The molecule has 1 N–H and O–H groups in total. The molecule has 1 aromatic heterocycles. The topological polar surface area (TPSA) is 45.8 Å². The van der Waals surface area contributed by atoms with Crippen LogP contribution in [0.2, 0.25) is 0 Å². The van der Waals surface area contributed by atoms with Gasteiger partial charge < -0.3 is 0 Å². The molecular weight excluding hydrogens is 267 g/mol. The minimum atomic E-state index is 0.131. The molecule has 0 aliphatic rings. The molecule has 66 valence electrons. The zero-order chi connectivity index (χ0) is 9.14. The van der Waals surface area contributed by atoms with Crippen molar-refractivity contribution >= 4 is 28.4 Å². The smallest absolute Gasteiger partial charge is 0.184 e. The van der Waals surface area contributed by atoms with E-state index in [0.29, 0.717) is 12.1 Å². The molecule has 0 aliphatic heterocycles. The van der Waals surface area contributed by atoms with Gasteiger partial charge in [0.2, 0.25) is 0 Å². The van der Waals surface area contributed by atoms with Crippen LogP contribution in [0.1, 0.15) is 35.9 Å². The molecule has 0 saturated heterocycles. The zero-order valence-electron chi connectivity index (χ0n) is 7.15. The Morgan fingerprint density at radius 2 is 2.33 bits per heavy atom. The number of carbonyl (C=O) groups excluding carboxylic acids is 1. The van der Waals surface area contributed by atoms with Gasteiger partial charge in [-0.2, -0.15) is 5.10 Å². The molecule has 0 atom stereocenters. The van der Waals surface area contributed by atoms with E-state index in [1.165, 1.54) is 0 Å². The molecule has 1 heterocycles. The summed E-state index contributed by atoms with van der Waals surface area (Å²) < 4.78 is 0.950. The first kappa shape index (κ1) is 9.70. The van der Waals surface area contributed by atoms with Gasteiger partial charge in [0.05, 0.1) is 3.57 Å². The fourth-order valence-electron chi connectivity index (χ4n) is 0.946. The Kier molecular flexibility index (Phi) is 3.25. The number of nitrogens with one attached hydrogen (secondary N) is 1. The second kappa shape index (κ2) is 4.02. The second-order valence-corrected chi connectivity index (χ2v) is 3.76. The van der Waals surface area contributed by atoms with Crippen molar-refractivity contribution in [3.63, 3.8) is 0 Å². The molecule has 0 aromatic carbocycles. The van der Waals surface area contributed by atoms with Gasteiger partial charge in [-0.05, 0) is 35.9 Å². The van der Waals surface area contributed by atoms with Crippen LogP contribution in [0.5, 0.6) is 0 Å². The Morgan fingerprint density at radius 3 is 2.75 bits per heavy atom. The summed E-state index contributed by atoms with van der Waals surface area (Å²) in [6.07, 6.45) is 1.46. The normalized spacial score (nSPS) is 10.2. The number of H-pyrrole nitrogens is 1. The molecule has 12 heavy (non-hydrogen) atoms. The standard InChI is InChI=1S/C8H11IN2O/c1-3-4-6(12)8-7(9)5(2)10-11-8/h3-4H2,1-2H3,(H,10,11). The van der Waals surface area contributed by atoms with E-state index in [0.717, 1.165) is 15.7 Å². The molecule has 1 aromatic rings. The molecule has 0 fully saturated rings. The Hall–Kier alpha value is -0.390. The van der Waals surface area contributed by atoms with Crippen molar-refractivity contribution in [2.75, 3.05) is 0 Å². The highest BCUT2D eigenvalue weighted by molar-refractivity contribution is 14.1. The summed E-state index contributed by atoms with van der Waals surface area (Å²) in [7, 11) is 0. The van der Waals surface area contributed by atoms with Gasteiger partial charge >= 0.3 is 0 Å². The Bertz CT molecular complexity index is 293. The lowest BCUT2D eigenvalue weighted by Gasteiger charge is -1.93. The summed E-state index contributed by atoms with van der Waals surface area (Å²) in [5.41, 5.74) is 1.56. The highest BCUT2D eigenvalue weighted by atomic mass is 127. The number of halogens is 1. The summed E-state index contributed by atoms with van der Waals surface area (Å²) in [6.45, 7) is 3.90. The number of carbonyl (C=O) groups is 1. The summed E-state index contributed by atoms with van der Waals surface area (Å²) in [4.78, 5) is 11.4. The molecule has 0 spiro atoms. The third kappa shape index (κ3) is 1.85. The van der Waals surface area contributed by atoms with Gasteiger partial charge in [0.1, 0.15) is 5.69 Å². The van der Waals surface area contributed by atoms with Crippen LogP contribution in [-0.4, -0.2) is 16.0 Å². The molecule has 0 bridgehead atoms. The average molecular weight is 278 g/mol. The minimum absolute atomic E-state index is 0.131. The summed E-state index contributed by atoms with van der Waals surface area (Å²) in [5, 5.41) is 6.75. The SMILES string of the molecule is CCCC(=O)c1n[nH]c(C)c1I. The lowest BCUT2D eigenvalue weighted by Crippen LogP contribution is -2.00. The molecule has 0 saturated carbocycles. The van der Waals surface area contributed by atoms with E-state index in [4.69, 9.17) is 0 Å². The number of ketones is 1. The molecule has 0 unspecified atom stereocenters. The van der Waals surface area contributed by atoms with Crippen molar-refractivity contribution in [3.8, 4) is 0 Å². The fraction of sp³-hybridized carbons (Fsp3) is 0.500. The number of hydrogen-bond acceptors (Lipinski definition) is 2. The molecule has 0 aliphatic carbocycles.